The molecule has 3 aromatic rings. The first kappa shape index (κ1) is 23.8. The van der Waals surface area contributed by atoms with Crippen LogP contribution in [0, 0.1) is 17.6 Å². The fourth-order valence-electron chi connectivity index (χ4n) is 3.76. The molecule has 2 aromatic carbocycles. The summed E-state index contributed by atoms with van der Waals surface area (Å²) < 4.78 is 57.9. The number of allylic oxidation sites excluding steroid dienone is 1. The predicted octanol–water partition coefficient (Wildman–Crippen LogP) is 5.49. The number of hydrogen-bond donors (Lipinski definition) is 1. The van der Waals surface area contributed by atoms with Crippen LogP contribution in [0.1, 0.15) is 33.4 Å². The topological polar surface area (TPSA) is 76.3 Å². The molecule has 0 amide bonds. The van der Waals surface area contributed by atoms with E-state index in [1.165, 1.54) is 6.07 Å². The van der Waals surface area contributed by atoms with E-state index in [9.17, 15) is 17.2 Å². The van der Waals surface area contributed by atoms with Gasteiger partial charge in [0, 0.05) is 36.1 Å². The van der Waals surface area contributed by atoms with Gasteiger partial charge in [0.05, 0.1) is 11.2 Å². The van der Waals surface area contributed by atoms with E-state index in [-0.39, 0.29) is 17.1 Å². The smallest absolute Gasteiger partial charge is 0.267 e. The summed E-state index contributed by atoms with van der Waals surface area (Å²) in [6, 6.07) is 9.62. The van der Waals surface area contributed by atoms with Crippen LogP contribution in [0.25, 0.3) is 16.7 Å². The van der Waals surface area contributed by atoms with Gasteiger partial charge in [-0.05, 0) is 62.2 Å². The molecule has 178 valence electrons. The second-order valence-electron chi connectivity index (χ2n) is 9.28. The number of dihydropyridines is 1. The number of rotatable bonds is 5. The molecule has 0 saturated carbocycles. The average molecular weight is 485 g/mol. The van der Waals surface area contributed by atoms with Gasteiger partial charge in [-0.1, -0.05) is 25.1 Å². The van der Waals surface area contributed by atoms with Crippen molar-refractivity contribution in [1.82, 2.24) is 9.78 Å². The van der Waals surface area contributed by atoms with E-state index in [4.69, 9.17) is 5.10 Å². The molecule has 0 saturated heterocycles. The van der Waals surface area contributed by atoms with Crippen LogP contribution in [0.15, 0.2) is 64.6 Å². The third-order valence-electron chi connectivity index (χ3n) is 5.56. The highest BCUT2D eigenvalue weighted by Gasteiger charge is 2.26. The number of nitrogens with zero attached hydrogens (tertiary/aromatic N) is 3. The quantitative estimate of drug-likeness (QED) is 0.520. The van der Waals surface area contributed by atoms with E-state index in [1.54, 1.807) is 18.3 Å². The van der Waals surface area contributed by atoms with E-state index in [2.05, 4.69) is 16.6 Å². The summed E-state index contributed by atoms with van der Waals surface area (Å²) in [7, 11) is -4.48. The zero-order chi connectivity index (χ0) is 24.7. The highest BCUT2D eigenvalue weighted by molar-refractivity contribution is 7.92. The van der Waals surface area contributed by atoms with Crippen molar-refractivity contribution in [3.05, 3.63) is 72.1 Å². The number of anilines is 1. The number of nitrogens with one attached hydrogen (secondary N) is 1. The first-order valence-electron chi connectivity index (χ1n) is 10.8. The van der Waals surface area contributed by atoms with Crippen molar-refractivity contribution in [1.29, 1.82) is 0 Å². The molecule has 0 bridgehead atoms. The number of aliphatic imine (C=N–C) groups is 1. The van der Waals surface area contributed by atoms with Gasteiger partial charge in [0.1, 0.15) is 11.6 Å². The molecule has 1 atom stereocenters. The zero-order valence-corrected chi connectivity index (χ0v) is 20.2. The van der Waals surface area contributed by atoms with Gasteiger partial charge < -0.3 is 0 Å². The van der Waals surface area contributed by atoms with Crippen LogP contribution in [-0.2, 0) is 15.6 Å². The van der Waals surface area contributed by atoms with Crippen molar-refractivity contribution in [2.45, 2.75) is 38.1 Å². The van der Waals surface area contributed by atoms with Crippen molar-refractivity contribution in [3.8, 4) is 11.1 Å². The fourth-order valence-corrected chi connectivity index (χ4v) is 4.95. The highest BCUT2D eigenvalue weighted by Crippen LogP contribution is 2.35. The summed E-state index contributed by atoms with van der Waals surface area (Å²) in [6.45, 7) is 8.86. The van der Waals surface area contributed by atoms with Crippen molar-refractivity contribution >= 4 is 27.5 Å². The number of benzene rings is 2. The van der Waals surface area contributed by atoms with E-state index in [0.29, 0.717) is 6.54 Å². The second kappa shape index (κ2) is 8.79. The van der Waals surface area contributed by atoms with Gasteiger partial charge in [-0.3, -0.25) is 14.4 Å². The minimum Gasteiger partial charge on any atom is -0.293 e. The Morgan fingerprint density at radius 2 is 1.76 bits per heavy atom. The maximum absolute atomic E-state index is 14.1. The second-order valence-corrected chi connectivity index (χ2v) is 10.9. The monoisotopic (exact) mass is 484 g/mol. The Balaban J connectivity index is 1.78. The van der Waals surface area contributed by atoms with Gasteiger partial charge in [0.2, 0.25) is 0 Å². The molecule has 1 N–H and O–H groups in total. The highest BCUT2D eigenvalue weighted by atomic mass is 32.2. The van der Waals surface area contributed by atoms with Crippen LogP contribution in [0.4, 0.5) is 14.5 Å². The molecule has 1 aliphatic rings. The van der Waals surface area contributed by atoms with Gasteiger partial charge in [-0.25, -0.2) is 17.2 Å². The standard InChI is InChI=1S/C25H26F2N4O2S/c1-16-14-28-12-11-19(16)23-20(15-31(29-23)25(2,3)4)17-7-5-8-18(13-17)30-34(32,33)24-21(26)9-6-10-22(24)27/h5-13,15-16,30H,14H2,1-4H3. The lowest BCUT2D eigenvalue weighted by atomic mass is 9.92. The van der Waals surface area contributed by atoms with Gasteiger partial charge in [0.15, 0.2) is 4.90 Å². The molecular weight excluding hydrogens is 458 g/mol. The summed E-state index contributed by atoms with van der Waals surface area (Å²) in [5.74, 6) is -2.15. The molecule has 0 fully saturated rings. The van der Waals surface area contributed by atoms with E-state index in [0.717, 1.165) is 40.6 Å². The van der Waals surface area contributed by atoms with Gasteiger partial charge in [-0.15, -0.1) is 0 Å². The first-order valence-corrected chi connectivity index (χ1v) is 12.3. The minimum atomic E-state index is -4.48. The molecule has 6 nitrogen and oxygen atoms in total. The largest absolute Gasteiger partial charge is 0.293 e. The maximum atomic E-state index is 14.1. The van der Waals surface area contributed by atoms with E-state index < -0.39 is 26.6 Å². The molecule has 2 heterocycles. The van der Waals surface area contributed by atoms with Crippen LogP contribution in [0.5, 0.6) is 0 Å². The molecule has 0 aliphatic carbocycles. The molecule has 0 spiro atoms. The lowest BCUT2D eigenvalue weighted by Gasteiger charge is -2.19. The number of hydrogen-bond acceptors (Lipinski definition) is 4. The molecule has 9 heteroatoms. The number of halogens is 2. The average Bonchev–Trinajstić information content (AvgIpc) is 3.19. The van der Waals surface area contributed by atoms with Crippen LogP contribution in [0.2, 0.25) is 0 Å². The third-order valence-corrected chi connectivity index (χ3v) is 6.99. The molecule has 4 rings (SSSR count). The number of sulfonamides is 1. The molecule has 1 aromatic heterocycles. The summed E-state index contributed by atoms with van der Waals surface area (Å²) in [4.78, 5) is 3.30. The van der Waals surface area contributed by atoms with Crippen molar-refractivity contribution in [3.63, 3.8) is 0 Å². The maximum Gasteiger partial charge on any atom is 0.267 e. The summed E-state index contributed by atoms with van der Waals surface area (Å²) in [6.07, 6.45) is 5.64. The Hall–Kier alpha value is -3.33. The van der Waals surface area contributed by atoms with Crippen LogP contribution in [0.3, 0.4) is 0 Å². The minimum absolute atomic E-state index is 0.165. The Morgan fingerprint density at radius 1 is 1.09 bits per heavy atom. The summed E-state index contributed by atoms with van der Waals surface area (Å²) in [5, 5.41) is 4.86. The Kier molecular flexibility index (Phi) is 6.16. The number of aromatic nitrogens is 2. The summed E-state index contributed by atoms with van der Waals surface area (Å²) in [5.41, 5.74) is 3.26. The van der Waals surface area contributed by atoms with Gasteiger partial charge >= 0.3 is 0 Å². The van der Waals surface area contributed by atoms with Crippen LogP contribution < -0.4 is 4.72 Å². The fraction of sp³-hybridized carbons (Fsp3) is 0.280. The van der Waals surface area contributed by atoms with E-state index >= 15 is 0 Å². The molecule has 1 aliphatic heterocycles. The Labute approximate surface area is 198 Å². The van der Waals surface area contributed by atoms with Gasteiger partial charge in [0.25, 0.3) is 10.0 Å². The predicted molar refractivity (Wildman–Crippen MR) is 130 cm³/mol. The molecule has 34 heavy (non-hydrogen) atoms. The lowest BCUT2D eigenvalue weighted by Crippen LogP contribution is -2.22. The van der Waals surface area contributed by atoms with Crippen LogP contribution >= 0.6 is 0 Å². The van der Waals surface area contributed by atoms with Crippen molar-refractivity contribution in [2.75, 3.05) is 11.3 Å². The van der Waals surface area contributed by atoms with Gasteiger partial charge in [-0.2, -0.15) is 5.10 Å². The lowest BCUT2D eigenvalue weighted by molar-refractivity contribution is 0.355. The Bertz CT molecular complexity index is 1380. The third kappa shape index (κ3) is 4.65. The van der Waals surface area contributed by atoms with Crippen LogP contribution in [-0.4, -0.2) is 31.0 Å². The molecule has 1 unspecified atom stereocenters. The first-order chi connectivity index (χ1) is 16.0. The normalized spacial score (nSPS) is 16.4. The van der Waals surface area contributed by atoms with Crippen molar-refractivity contribution in [2.24, 2.45) is 10.9 Å². The summed E-state index contributed by atoms with van der Waals surface area (Å²) >= 11 is 0. The zero-order valence-electron chi connectivity index (χ0n) is 19.4. The molecular formula is C25H26F2N4O2S. The SMILES string of the molecule is CC1CN=CC=C1c1nn(C(C)(C)C)cc1-c1cccc(NS(=O)(=O)c2c(F)cccc2F)c1. The Morgan fingerprint density at radius 3 is 2.41 bits per heavy atom. The van der Waals surface area contributed by atoms with E-state index in [1.807, 2.05) is 43.8 Å². The molecule has 0 radical (unpaired) electrons. The van der Waals surface area contributed by atoms with Crippen molar-refractivity contribution < 1.29 is 17.2 Å².